The fourth-order valence-corrected chi connectivity index (χ4v) is 5.41. The summed E-state index contributed by atoms with van der Waals surface area (Å²) < 4.78 is 27.2. The molecule has 2 atom stereocenters. The Morgan fingerprint density at radius 3 is 2.90 bits per heavy atom. The van der Waals surface area contributed by atoms with Gasteiger partial charge < -0.3 is 5.32 Å². The molecule has 1 saturated carbocycles. The van der Waals surface area contributed by atoms with Gasteiger partial charge in [-0.05, 0) is 37.8 Å². The highest BCUT2D eigenvalue weighted by Crippen LogP contribution is 2.30. The maximum absolute atomic E-state index is 12.2. The highest BCUT2D eigenvalue weighted by molar-refractivity contribution is 7.89. The third kappa shape index (κ3) is 5.06. The van der Waals surface area contributed by atoms with Gasteiger partial charge in [-0.15, -0.1) is 11.3 Å². The Morgan fingerprint density at radius 1 is 1.38 bits per heavy atom. The first-order valence-electron chi connectivity index (χ1n) is 7.73. The van der Waals surface area contributed by atoms with Gasteiger partial charge in [0.2, 0.25) is 10.0 Å². The van der Waals surface area contributed by atoms with Gasteiger partial charge >= 0.3 is 0 Å². The van der Waals surface area contributed by atoms with Gasteiger partial charge in [0.05, 0.1) is 4.90 Å². The lowest BCUT2D eigenvalue weighted by Gasteiger charge is -2.26. The molecule has 2 N–H and O–H groups in total. The van der Waals surface area contributed by atoms with E-state index < -0.39 is 10.0 Å². The lowest BCUT2D eigenvalue weighted by atomic mass is 9.81. The maximum atomic E-state index is 12.2. The zero-order chi connectivity index (χ0) is 15.3. The highest BCUT2D eigenvalue weighted by atomic mass is 32.2. The molecule has 0 saturated heterocycles. The lowest BCUT2D eigenvalue weighted by molar-refractivity contribution is 0.271. The number of sulfonamides is 1. The molecule has 0 spiro atoms. The maximum Gasteiger partial charge on any atom is 0.241 e. The number of thiophene rings is 1. The van der Waals surface area contributed by atoms with Gasteiger partial charge in [0.25, 0.3) is 0 Å². The first-order valence-corrected chi connectivity index (χ1v) is 10.1. The third-order valence-electron chi connectivity index (χ3n) is 4.18. The third-order valence-corrected chi connectivity index (χ3v) is 6.71. The number of hydrogen-bond acceptors (Lipinski definition) is 4. The van der Waals surface area contributed by atoms with Crippen molar-refractivity contribution >= 4 is 21.4 Å². The molecule has 1 aliphatic carbocycles. The summed E-state index contributed by atoms with van der Waals surface area (Å²) in [5.41, 5.74) is 0. The normalized spacial score (nSPS) is 23.3. The predicted octanol–water partition coefficient (Wildman–Crippen LogP) is 2.96. The molecule has 1 heterocycles. The second-order valence-electron chi connectivity index (χ2n) is 6.10. The van der Waals surface area contributed by atoms with E-state index in [0.29, 0.717) is 23.9 Å². The van der Waals surface area contributed by atoms with E-state index in [1.807, 2.05) is 7.05 Å². The smallest absolute Gasteiger partial charge is 0.241 e. The molecule has 2 rings (SSSR count). The molecule has 0 bridgehead atoms. The molecule has 120 valence electrons. The van der Waals surface area contributed by atoms with Gasteiger partial charge in [-0.3, -0.25) is 0 Å². The molecule has 1 aliphatic rings. The topological polar surface area (TPSA) is 58.2 Å². The molecule has 0 aromatic carbocycles. The summed E-state index contributed by atoms with van der Waals surface area (Å²) in [5, 5.41) is 4.75. The molecule has 1 aromatic rings. The zero-order valence-electron chi connectivity index (χ0n) is 12.9. The average molecular weight is 331 g/mol. The van der Waals surface area contributed by atoms with Crippen LogP contribution in [0.2, 0.25) is 0 Å². The fraction of sp³-hybridized carbons (Fsp3) is 0.733. The molecule has 4 nitrogen and oxygen atoms in total. The Morgan fingerprint density at radius 2 is 2.19 bits per heavy atom. The summed E-state index contributed by atoms with van der Waals surface area (Å²) in [5.74, 6) is 1.47. The standard InChI is InChI=1S/C15H26N2O2S2/c1-12-4-3-5-13(8-12)6-7-17-21(18,19)15-9-14(10-16-2)20-11-15/h9,11-13,16-17H,3-8,10H2,1-2H3. The largest absolute Gasteiger partial charge is 0.315 e. The van der Waals surface area contributed by atoms with Gasteiger partial charge in [-0.1, -0.05) is 26.2 Å². The second-order valence-corrected chi connectivity index (χ2v) is 8.87. The molecule has 6 heteroatoms. The van der Waals surface area contributed by atoms with Crippen LogP contribution in [0.3, 0.4) is 0 Å². The first-order chi connectivity index (χ1) is 10.0. The minimum Gasteiger partial charge on any atom is -0.315 e. The van der Waals surface area contributed by atoms with Gasteiger partial charge in [0, 0.05) is 23.3 Å². The van der Waals surface area contributed by atoms with Crippen molar-refractivity contribution in [3.05, 3.63) is 16.3 Å². The van der Waals surface area contributed by atoms with E-state index in [1.54, 1.807) is 11.4 Å². The molecule has 0 radical (unpaired) electrons. The van der Waals surface area contributed by atoms with Crippen molar-refractivity contribution in [3.8, 4) is 0 Å². The minimum absolute atomic E-state index is 0.398. The molecule has 0 amide bonds. The Bertz CT molecular complexity index is 540. The van der Waals surface area contributed by atoms with Crippen LogP contribution in [0.4, 0.5) is 0 Å². The van der Waals surface area contributed by atoms with Gasteiger partial charge in [0.1, 0.15) is 0 Å². The monoisotopic (exact) mass is 330 g/mol. The SMILES string of the molecule is CNCc1cc(S(=O)(=O)NCCC2CCCC(C)C2)cs1. The quantitative estimate of drug-likeness (QED) is 0.808. The highest BCUT2D eigenvalue weighted by Gasteiger charge is 2.20. The summed E-state index contributed by atoms with van der Waals surface area (Å²) in [6, 6.07) is 1.76. The number of nitrogens with one attached hydrogen (secondary N) is 2. The van der Waals surface area contributed by atoms with Crippen molar-refractivity contribution in [2.75, 3.05) is 13.6 Å². The van der Waals surface area contributed by atoms with Crippen LogP contribution in [0, 0.1) is 11.8 Å². The van der Waals surface area contributed by atoms with Gasteiger partial charge in [0.15, 0.2) is 0 Å². The van der Waals surface area contributed by atoms with E-state index in [-0.39, 0.29) is 0 Å². The van der Waals surface area contributed by atoms with Crippen LogP contribution >= 0.6 is 11.3 Å². The van der Waals surface area contributed by atoms with Crippen molar-refractivity contribution in [3.63, 3.8) is 0 Å². The van der Waals surface area contributed by atoms with Crippen molar-refractivity contribution in [1.82, 2.24) is 10.0 Å². The Balaban J connectivity index is 1.83. The van der Waals surface area contributed by atoms with E-state index in [2.05, 4.69) is 17.0 Å². The van der Waals surface area contributed by atoms with E-state index in [4.69, 9.17) is 0 Å². The summed E-state index contributed by atoms with van der Waals surface area (Å²) in [6.07, 6.45) is 6.06. The van der Waals surface area contributed by atoms with Crippen molar-refractivity contribution < 1.29 is 8.42 Å². The molecule has 1 fully saturated rings. The Hall–Kier alpha value is -0.430. The molecule has 1 aromatic heterocycles. The second kappa shape index (κ2) is 7.72. The summed E-state index contributed by atoms with van der Waals surface area (Å²) in [6.45, 7) is 3.56. The van der Waals surface area contributed by atoms with E-state index in [0.717, 1.165) is 17.2 Å². The van der Waals surface area contributed by atoms with Crippen LogP contribution in [-0.2, 0) is 16.6 Å². The first kappa shape index (κ1) is 16.9. The Labute approximate surface area is 132 Å². The van der Waals surface area contributed by atoms with E-state index in [9.17, 15) is 8.42 Å². The van der Waals surface area contributed by atoms with Crippen LogP contribution in [0.1, 0.15) is 43.9 Å². The molecular formula is C15H26N2O2S2. The molecular weight excluding hydrogens is 304 g/mol. The summed E-state index contributed by atoms with van der Waals surface area (Å²) >= 11 is 1.48. The zero-order valence-corrected chi connectivity index (χ0v) is 14.5. The van der Waals surface area contributed by atoms with Crippen LogP contribution in [0.25, 0.3) is 0 Å². The van der Waals surface area contributed by atoms with Crippen LogP contribution in [0.5, 0.6) is 0 Å². The van der Waals surface area contributed by atoms with Crippen molar-refractivity contribution in [1.29, 1.82) is 0 Å². The number of hydrogen-bond donors (Lipinski definition) is 2. The van der Waals surface area contributed by atoms with Gasteiger partial charge in [-0.2, -0.15) is 0 Å². The lowest BCUT2D eigenvalue weighted by Crippen LogP contribution is -2.27. The number of rotatable bonds is 7. The molecule has 21 heavy (non-hydrogen) atoms. The minimum atomic E-state index is -3.34. The van der Waals surface area contributed by atoms with E-state index in [1.165, 1.54) is 37.0 Å². The fourth-order valence-electron chi connectivity index (χ4n) is 3.07. The Kier molecular flexibility index (Phi) is 6.22. The van der Waals surface area contributed by atoms with Crippen LogP contribution in [0.15, 0.2) is 16.3 Å². The van der Waals surface area contributed by atoms with Crippen molar-refractivity contribution in [2.24, 2.45) is 11.8 Å². The van der Waals surface area contributed by atoms with E-state index >= 15 is 0 Å². The molecule has 0 aliphatic heterocycles. The van der Waals surface area contributed by atoms with Crippen LogP contribution in [-0.4, -0.2) is 22.0 Å². The molecule has 2 unspecified atom stereocenters. The summed E-state index contributed by atoms with van der Waals surface area (Å²) in [7, 11) is -1.48. The summed E-state index contributed by atoms with van der Waals surface area (Å²) in [4.78, 5) is 1.44. The van der Waals surface area contributed by atoms with Gasteiger partial charge in [-0.25, -0.2) is 13.1 Å². The predicted molar refractivity (Wildman–Crippen MR) is 88.0 cm³/mol. The van der Waals surface area contributed by atoms with Crippen LogP contribution < -0.4 is 10.0 Å². The average Bonchev–Trinajstić information content (AvgIpc) is 2.88. The van der Waals surface area contributed by atoms with Crippen molar-refractivity contribution in [2.45, 2.75) is 50.5 Å².